The summed E-state index contributed by atoms with van der Waals surface area (Å²) in [6.45, 7) is 0. The molecule has 1 aliphatic rings. The van der Waals surface area contributed by atoms with Crippen molar-refractivity contribution >= 4 is 12.2 Å². The summed E-state index contributed by atoms with van der Waals surface area (Å²) in [4.78, 5) is 0. The van der Waals surface area contributed by atoms with Gasteiger partial charge in [0, 0.05) is 48.5 Å². The Labute approximate surface area is 201 Å². The predicted molar refractivity (Wildman–Crippen MR) is 139 cm³/mol. The Morgan fingerprint density at radius 3 is 1.18 bits per heavy atom. The van der Waals surface area contributed by atoms with Gasteiger partial charge in [-0.3, -0.25) is 0 Å². The summed E-state index contributed by atoms with van der Waals surface area (Å²) >= 11 is 0. The van der Waals surface area contributed by atoms with Crippen molar-refractivity contribution in [3.05, 3.63) is 156 Å². The van der Waals surface area contributed by atoms with Crippen LogP contribution in [-0.2, 0) is 0 Å². The zero-order chi connectivity index (χ0) is 23.0. The van der Waals surface area contributed by atoms with Gasteiger partial charge in [-0.1, -0.05) is 48.6 Å². The van der Waals surface area contributed by atoms with Crippen LogP contribution in [0.4, 0.5) is 0 Å². The van der Waals surface area contributed by atoms with Crippen LogP contribution in [0.2, 0.25) is 0 Å². The minimum Gasteiger partial charge on any atom is -0.167 e. The Kier molecular flexibility index (Phi) is 6.68. The highest BCUT2D eigenvalue weighted by atomic mass is 14.9. The first kappa shape index (κ1) is 21.5. The topological polar surface area (TPSA) is 7.76 Å². The average molecular weight is 441 g/mol. The number of benzene rings is 2. The Morgan fingerprint density at radius 1 is 0.441 bits per heavy atom. The van der Waals surface area contributed by atoms with Crippen LogP contribution in [0.5, 0.6) is 0 Å². The van der Waals surface area contributed by atoms with E-state index in [0.717, 1.165) is 12.8 Å². The molecule has 0 N–H and O–H groups in total. The van der Waals surface area contributed by atoms with Gasteiger partial charge in [0.15, 0.2) is 24.8 Å². The summed E-state index contributed by atoms with van der Waals surface area (Å²) in [6.07, 6.45) is 23.7. The van der Waals surface area contributed by atoms with Gasteiger partial charge < -0.3 is 0 Å². The van der Waals surface area contributed by atoms with Crippen molar-refractivity contribution < 1.29 is 9.13 Å². The number of aromatic nitrogens is 2. The van der Waals surface area contributed by atoms with Gasteiger partial charge in [-0.2, -0.15) is 9.13 Å². The number of hydrogen-bond acceptors (Lipinski definition) is 0. The largest absolute Gasteiger partial charge is 0.210 e. The van der Waals surface area contributed by atoms with Crippen LogP contribution in [0.3, 0.4) is 0 Å². The maximum Gasteiger partial charge on any atom is 0.210 e. The van der Waals surface area contributed by atoms with Crippen molar-refractivity contribution in [2.24, 2.45) is 0 Å². The van der Waals surface area contributed by atoms with Crippen LogP contribution in [0.1, 0.15) is 24.0 Å². The molecule has 0 amide bonds. The fourth-order valence-electron chi connectivity index (χ4n) is 4.01. The Bertz CT molecular complexity index is 1230. The van der Waals surface area contributed by atoms with E-state index in [1.807, 2.05) is 36.4 Å². The number of nitrogens with zero attached hydrogens (tertiary/aromatic N) is 2. The molecule has 0 radical (unpaired) electrons. The SMILES string of the molecule is C1=C(/C=C/c2ccc(-[n+]3ccccc3)cc2)CCC(/C=C/c2ccc(-[n+]3ccccc3)cc2)=C1. The molecule has 0 atom stereocenters. The van der Waals surface area contributed by atoms with Crippen LogP contribution >= 0.6 is 0 Å². The molecule has 2 nitrogen and oxygen atoms in total. The fraction of sp³-hybridized carbons (Fsp3) is 0.0625. The normalized spacial score (nSPS) is 13.8. The van der Waals surface area contributed by atoms with E-state index in [4.69, 9.17) is 0 Å². The minimum absolute atomic E-state index is 1.06. The first-order valence-electron chi connectivity index (χ1n) is 11.7. The molecule has 0 saturated carbocycles. The molecular formula is C32H28N2+2. The molecule has 1 aliphatic carbocycles. The maximum absolute atomic E-state index is 2.24. The molecule has 0 aliphatic heterocycles. The van der Waals surface area contributed by atoms with Crippen molar-refractivity contribution in [2.75, 3.05) is 0 Å². The summed E-state index contributed by atoms with van der Waals surface area (Å²) in [5.74, 6) is 0. The summed E-state index contributed by atoms with van der Waals surface area (Å²) in [5.41, 5.74) is 7.50. The second-order valence-electron chi connectivity index (χ2n) is 8.40. The summed E-state index contributed by atoms with van der Waals surface area (Å²) in [7, 11) is 0. The molecule has 34 heavy (non-hydrogen) atoms. The first-order valence-corrected chi connectivity index (χ1v) is 11.7. The van der Waals surface area contributed by atoms with E-state index >= 15 is 0 Å². The van der Waals surface area contributed by atoms with Crippen LogP contribution in [0.15, 0.2) is 145 Å². The summed E-state index contributed by atoms with van der Waals surface area (Å²) < 4.78 is 4.24. The number of hydrogen-bond donors (Lipinski definition) is 0. The van der Waals surface area contributed by atoms with Gasteiger partial charge in [0.1, 0.15) is 0 Å². The van der Waals surface area contributed by atoms with Crippen LogP contribution in [0.25, 0.3) is 23.5 Å². The maximum atomic E-state index is 2.24. The second-order valence-corrected chi connectivity index (χ2v) is 8.40. The molecule has 0 fully saturated rings. The van der Waals surface area contributed by atoms with E-state index in [1.165, 1.54) is 33.6 Å². The third-order valence-corrected chi connectivity index (χ3v) is 6.01. The van der Waals surface area contributed by atoms with E-state index in [1.54, 1.807) is 0 Å². The number of pyridine rings is 2. The third kappa shape index (κ3) is 5.54. The number of rotatable bonds is 6. The van der Waals surface area contributed by atoms with E-state index in [9.17, 15) is 0 Å². The molecular weight excluding hydrogens is 412 g/mol. The van der Waals surface area contributed by atoms with Gasteiger partial charge in [-0.25, -0.2) is 0 Å². The third-order valence-electron chi connectivity index (χ3n) is 6.01. The highest BCUT2D eigenvalue weighted by molar-refractivity contribution is 5.57. The second kappa shape index (κ2) is 10.5. The van der Waals surface area contributed by atoms with Crippen molar-refractivity contribution in [3.8, 4) is 11.4 Å². The zero-order valence-corrected chi connectivity index (χ0v) is 19.2. The van der Waals surface area contributed by atoms with E-state index in [2.05, 4.69) is 119 Å². The van der Waals surface area contributed by atoms with Gasteiger partial charge in [0.05, 0.1) is 0 Å². The standard InChI is InChI=1S/C32H28N2/c1-3-23-33(24-4-1)31-19-15-29(16-20-31)13-11-27-7-9-28(10-8-27)12-14-30-17-21-32(22-18-30)34-25-5-2-6-26-34/h1-7,9,11-26H,8,10H2/q+2/b13-11+,14-12+. The van der Waals surface area contributed by atoms with E-state index in [-0.39, 0.29) is 0 Å². The molecule has 2 aromatic carbocycles. The molecule has 2 heteroatoms. The van der Waals surface area contributed by atoms with Crippen molar-refractivity contribution in [1.29, 1.82) is 0 Å². The first-order chi connectivity index (χ1) is 16.8. The Balaban J connectivity index is 1.19. The number of allylic oxidation sites excluding steroid dienone is 6. The quantitative estimate of drug-likeness (QED) is 0.298. The highest BCUT2D eigenvalue weighted by Gasteiger charge is 2.05. The molecule has 0 unspecified atom stereocenters. The van der Waals surface area contributed by atoms with Gasteiger partial charge >= 0.3 is 0 Å². The summed E-state index contributed by atoms with van der Waals surface area (Å²) in [6, 6.07) is 29.5. The zero-order valence-electron chi connectivity index (χ0n) is 19.2. The van der Waals surface area contributed by atoms with E-state index < -0.39 is 0 Å². The van der Waals surface area contributed by atoms with Crippen LogP contribution < -0.4 is 9.13 Å². The molecule has 5 rings (SSSR count). The fourth-order valence-corrected chi connectivity index (χ4v) is 4.01. The molecule has 4 aromatic rings. The highest BCUT2D eigenvalue weighted by Crippen LogP contribution is 2.22. The smallest absolute Gasteiger partial charge is 0.167 e. The predicted octanol–water partition coefficient (Wildman–Crippen LogP) is 6.61. The van der Waals surface area contributed by atoms with Gasteiger partial charge in [-0.15, -0.1) is 0 Å². The molecule has 164 valence electrons. The average Bonchev–Trinajstić information content (AvgIpc) is 2.93. The lowest BCUT2D eigenvalue weighted by Gasteiger charge is -2.09. The van der Waals surface area contributed by atoms with Gasteiger partial charge in [0.25, 0.3) is 0 Å². The summed E-state index contributed by atoms with van der Waals surface area (Å²) in [5, 5.41) is 0. The molecule has 2 aromatic heterocycles. The lowest BCUT2D eigenvalue weighted by atomic mass is 9.97. The minimum atomic E-state index is 1.06. The van der Waals surface area contributed by atoms with Gasteiger partial charge in [0.2, 0.25) is 11.4 Å². The van der Waals surface area contributed by atoms with Crippen molar-refractivity contribution in [3.63, 3.8) is 0 Å². The van der Waals surface area contributed by atoms with Crippen molar-refractivity contribution in [1.82, 2.24) is 0 Å². The van der Waals surface area contributed by atoms with Crippen molar-refractivity contribution in [2.45, 2.75) is 12.8 Å². The lowest BCUT2D eigenvalue weighted by molar-refractivity contribution is -0.596. The van der Waals surface area contributed by atoms with Gasteiger partial charge in [-0.05, 0) is 59.4 Å². The molecule has 0 bridgehead atoms. The monoisotopic (exact) mass is 440 g/mol. The van der Waals surface area contributed by atoms with Crippen LogP contribution in [-0.4, -0.2) is 0 Å². The molecule has 0 spiro atoms. The Morgan fingerprint density at radius 2 is 0.824 bits per heavy atom. The lowest BCUT2D eigenvalue weighted by Crippen LogP contribution is -2.28. The Hall–Kier alpha value is -4.30. The van der Waals surface area contributed by atoms with E-state index in [0.29, 0.717) is 0 Å². The molecule has 0 saturated heterocycles. The van der Waals surface area contributed by atoms with Crippen LogP contribution in [0, 0.1) is 0 Å². The molecule has 2 heterocycles.